The van der Waals surface area contributed by atoms with E-state index >= 15 is 0 Å². The monoisotopic (exact) mass is 267 g/mol. The molecule has 4 heteroatoms. The Morgan fingerprint density at radius 1 is 1.26 bits per heavy atom. The number of amides is 1. The summed E-state index contributed by atoms with van der Waals surface area (Å²) in [6, 6.07) is 0. The van der Waals surface area contributed by atoms with Crippen molar-refractivity contribution < 1.29 is 14.7 Å². The van der Waals surface area contributed by atoms with Crippen molar-refractivity contribution in [3.05, 3.63) is 0 Å². The highest BCUT2D eigenvalue weighted by molar-refractivity contribution is 5.92. The first-order chi connectivity index (χ1) is 8.78. The van der Waals surface area contributed by atoms with Crippen LogP contribution in [0.2, 0.25) is 0 Å². The zero-order valence-electron chi connectivity index (χ0n) is 12.1. The maximum absolute atomic E-state index is 12.3. The molecule has 2 aliphatic carbocycles. The first-order valence-corrected chi connectivity index (χ1v) is 7.31. The van der Waals surface area contributed by atoms with E-state index < -0.39 is 22.7 Å². The molecule has 0 aromatic heterocycles. The molecule has 4 nitrogen and oxygen atoms in total. The lowest BCUT2D eigenvalue weighted by Gasteiger charge is -2.49. The van der Waals surface area contributed by atoms with Gasteiger partial charge in [-0.05, 0) is 43.4 Å². The summed E-state index contributed by atoms with van der Waals surface area (Å²) < 4.78 is 0. The molecule has 0 radical (unpaired) electrons. The molecule has 0 unspecified atom stereocenters. The largest absolute Gasteiger partial charge is 0.481 e. The molecule has 2 saturated carbocycles. The molecule has 2 fully saturated rings. The molecule has 0 aromatic carbocycles. The Bertz CT molecular complexity index is 400. The predicted molar refractivity (Wildman–Crippen MR) is 72.3 cm³/mol. The summed E-state index contributed by atoms with van der Waals surface area (Å²) in [5.41, 5.74) is 4.03. The molecule has 19 heavy (non-hydrogen) atoms. The van der Waals surface area contributed by atoms with Gasteiger partial charge in [-0.15, -0.1) is 0 Å². The molecule has 3 atom stereocenters. The Hall–Kier alpha value is -1.06. The fourth-order valence-electron chi connectivity index (χ4n) is 4.46. The van der Waals surface area contributed by atoms with E-state index in [2.05, 4.69) is 20.8 Å². The average molecular weight is 267 g/mol. The van der Waals surface area contributed by atoms with E-state index in [0.29, 0.717) is 25.2 Å². The summed E-state index contributed by atoms with van der Waals surface area (Å²) >= 11 is 0. The highest BCUT2D eigenvalue weighted by atomic mass is 16.4. The number of primary amides is 1. The minimum Gasteiger partial charge on any atom is -0.481 e. The van der Waals surface area contributed by atoms with E-state index in [0.717, 1.165) is 12.8 Å². The molecule has 3 N–H and O–H groups in total. The van der Waals surface area contributed by atoms with Gasteiger partial charge in [-0.1, -0.05) is 27.2 Å². The lowest BCUT2D eigenvalue weighted by molar-refractivity contribution is -0.165. The van der Waals surface area contributed by atoms with E-state index in [4.69, 9.17) is 5.73 Å². The number of carboxylic acid groups (broad SMARTS) is 1. The van der Waals surface area contributed by atoms with Crippen LogP contribution in [-0.2, 0) is 9.59 Å². The van der Waals surface area contributed by atoms with Crippen LogP contribution in [0.1, 0.15) is 52.9 Å². The fourth-order valence-corrected chi connectivity index (χ4v) is 4.46. The third-order valence-electron chi connectivity index (χ3n) is 5.53. The minimum atomic E-state index is -0.886. The molecule has 0 aromatic rings. The molecule has 0 saturated heterocycles. The van der Waals surface area contributed by atoms with Crippen LogP contribution in [0.4, 0.5) is 0 Å². The van der Waals surface area contributed by atoms with Gasteiger partial charge in [-0.3, -0.25) is 9.59 Å². The Labute approximate surface area is 114 Å². The van der Waals surface area contributed by atoms with Gasteiger partial charge in [-0.2, -0.15) is 0 Å². The molecular formula is C15H25NO3. The zero-order valence-corrected chi connectivity index (χ0v) is 12.1. The maximum atomic E-state index is 12.3. The van der Waals surface area contributed by atoms with Crippen LogP contribution in [0, 0.1) is 28.6 Å². The van der Waals surface area contributed by atoms with Crippen molar-refractivity contribution in [2.75, 3.05) is 0 Å². The van der Waals surface area contributed by atoms with Crippen molar-refractivity contribution in [3.8, 4) is 0 Å². The molecule has 108 valence electrons. The summed E-state index contributed by atoms with van der Waals surface area (Å²) in [5, 5.41) is 9.65. The topological polar surface area (TPSA) is 80.4 Å². The second kappa shape index (κ2) is 4.50. The van der Waals surface area contributed by atoms with E-state index in [1.807, 2.05) is 0 Å². The van der Waals surface area contributed by atoms with Gasteiger partial charge in [0, 0.05) is 0 Å². The second-order valence-corrected chi connectivity index (χ2v) is 6.96. The van der Waals surface area contributed by atoms with Crippen molar-refractivity contribution in [3.63, 3.8) is 0 Å². The van der Waals surface area contributed by atoms with Crippen LogP contribution in [0.3, 0.4) is 0 Å². The Morgan fingerprint density at radius 2 is 1.84 bits per heavy atom. The molecule has 1 amide bonds. The van der Waals surface area contributed by atoms with Crippen molar-refractivity contribution >= 4 is 11.9 Å². The minimum absolute atomic E-state index is 0.0970. The quantitative estimate of drug-likeness (QED) is 0.820. The predicted octanol–water partition coefficient (Wildman–Crippen LogP) is 2.42. The lowest BCUT2D eigenvalue weighted by atomic mass is 9.52. The number of nitrogens with two attached hydrogens (primary N) is 1. The van der Waals surface area contributed by atoms with Crippen molar-refractivity contribution in [2.45, 2.75) is 52.9 Å². The van der Waals surface area contributed by atoms with E-state index in [9.17, 15) is 14.7 Å². The van der Waals surface area contributed by atoms with Crippen LogP contribution in [-0.4, -0.2) is 17.0 Å². The number of rotatable bonds is 4. The van der Waals surface area contributed by atoms with E-state index in [1.54, 1.807) is 0 Å². The standard InChI is InChI=1S/C15H25NO3/c1-9(2)11-5-4-10(3)8-15(11,12(16)17)14(6-7-14)13(18)19/h9-11H,4-8H2,1-3H3,(H2,16,17)(H,18,19)/t10-,11+,15+/m0/s1. The normalized spacial score (nSPS) is 37.1. The third kappa shape index (κ3) is 1.87. The van der Waals surface area contributed by atoms with Gasteiger partial charge < -0.3 is 10.8 Å². The lowest BCUT2D eigenvalue weighted by Crippen LogP contribution is -2.56. The van der Waals surface area contributed by atoms with Crippen LogP contribution in [0.15, 0.2) is 0 Å². The number of aliphatic carboxylic acids is 1. The molecule has 0 heterocycles. The fraction of sp³-hybridized carbons (Fsp3) is 0.867. The molecular weight excluding hydrogens is 242 g/mol. The van der Waals surface area contributed by atoms with Crippen LogP contribution >= 0.6 is 0 Å². The summed E-state index contributed by atoms with van der Waals surface area (Å²) in [6.45, 7) is 6.26. The number of hydrogen-bond donors (Lipinski definition) is 2. The molecule has 2 rings (SSSR count). The molecule has 0 aliphatic heterocycles. The summed E-state index contributed by atoms with van der Waals surface area (Å²) in [6.07, 6.45) is 3.81. The van der Waals surface area contributed by atoms with E-state index in [-0.39, 0.29) is 11.8 Å². The SMILES string of the molecule is CC(C)[C@H]1CC[C@H](C)C[C@@]1(C(N)=O)C1(C(=O)O)CC1. The summed E-state index contributed by atoms with van der Waals surface area (Å²) in [5.74, 6) is -0.459. The first kappa shape index (κ1) is 14.4. The number of carbonyl (C=O) groups excluding carboxylic acids is 1. The van der Waals surface area contributed by atoms with Gasteiger partial charge >= 0.3 is 5.97 Å². The van der Waals surface area contributed by atoms with Crippen LogP contribution in [0.5, 0.6) is 0 Å². The summed E-state index contributed by atoms with van der Waals surface area (Å²) in [7, 11) is 0. The highest BCUT2D eigenvalue weighted by Gasteiger charge is 2.70. The van der Waals surface area contributed by atoms with Gasteiger partial charge in [0.2, 0.25) is 5.91 Å². The van der Waals surface area contributed by atoms with Crippen LogP contribution < -0.4 is 5.73 Å². The maximum Gasteiger partial charge on any atom is 0.310 e. The average Bonchev–Trinajstić information content (AvgIpc) is 3.08. The first-order valence-electron chi connectivity index (χ1n) is 7.31. The summed E-state index contributed by atoms with van der Waals surface area (Å²) in [4.78, 5) is 24.0. The van der Waals surface area contributed by atoms with E-state index in [1.165, 1.54) is 0 Å². The number of carboxylic acids is 1. The molecule has 0 spiro atoms. The number of carbonyl (C=O) groups is 2. The molecule has 2 aliphatic rings. The van der Waals surface area contributed by atoms with Gasteiger partial charge in [0.25, 0.3) is 0 Å². The zero-order chi connectivity index (χ0) is 14.4. The van der Waals surface area contributed by atoms with Crippen molar-refractivity contribution in [1.82, 2.24) is 0 Å². The smallest absolute Gasteiger partial charge is 0.310 e. The number of hydrogen-bond acceptors (Lipinski definition) is 2. The molecule has 0 bridgehead atoms. The third-order valence-corrected chi connectivity index (χ3v) is 5.53. The Kier molecular flexibility index (Phi) is 3.40. The Balaban J connectivity index is 2.51. The van der Waals surface area contributed by atoms with Crippen LogP contribution in [0.25, 0.3) is 0 Å². The van der Waals surface area contributed by atoms with Gasteiger partial charge in [0.15, 0.2) is 0 Å². The second-order valence-electron chi connectivity index (χ2n) is 6.96. The van der Waals surface area contributed by atoms with Gasteiger partial charge in [-0.25, -0.2) is 0 Å². The van der Waals surface area contributed by atoms with Gasteiger partial charge in [0.1, 0.15) is 0 Å². The van der Waals surface area contributed by atoms with Crippen molar-refractivity contribution in [2.24, 2.45) is 34.3 Å². The Morgan fingerprint density at radius 3 is 2.21 bits per heavy atom. The van der Waals surface area contributed by atoms with Crippen molar-refractivity contribution in [1.29, 1.82) is 0 Å². The highest BCUT2D eigenvalue weighted by Crippen LogP contribution is 2.67. The van der Waals surface area contributed by atoms with Gasteiger partial charge in [0.05, 0.1) is 10.8 Å².